The fourth-order valence-electron chi connectivity index (χ4n) is 1.74. The normalized spacial score (nSPS) is 11.6. The molecule has 1 aromatic carbocycles. The van der Waals surface area contributed by atoms with Gasteiger partial charge in [-0.1, -0.05) is 12.1 Å². The third kappa shape index (κ3) is 3.30. The van der Waals surface area contributed by atoms with Crippen LogP contribution in [0.3, 0.4) is 0 Å². The summed E-state index contributed by atoms with van der Waals surface area (Å²) < 4.78 is 44.4. The van der Waals surface area contributed by atoms with Crippen LogP contribution in [0.2, 0.25) is 0 Å². The van der Waals surface area contributed by atoms with Gasteiger partial charge in [0.05, 0.1) is 11.4 Å². The molecule has 0 unspecified atom stereocenters. The molecule has 0 N–H and O–H groups in total. The molecular formula is C12H13BF3N2O-. The van der Waals surface area contributed by atoms with Gasteiger partial charge >= 0.3 is 6.98 Å². The molecule has 2 aromatic rings. The van der Waals surface area contributed by atoms with Gasteiger partial charge in [0, 0.05) is 7.05 Å². The number of rotatable bonds is 4. The van der Waals surface area contributed by atoms with Crippen LogP contribution in [0.5, 0.6) is 5.75 Å². The van der Waals surface area contributed by atoms with E-state index >= 15 is 0 Å². The first kappa shape index (κ1) is 13.5. The maximum atomic E-state index is 12.4. The van der Waals surface area contributed by atoms with E-state index in [1.807, 2.05) is 13.0 Å². The van der Waals surface area contributed by atoms with Crippen molar-refractivity contribution in [3.63, 3.8) is 0 Å². The highest BCUT2D eigenvalue weighted by molar-refractivity contribution is 6.73. The number of nitrogens with zero attached hydrogens (tertiary/aromatic N) is 2. The van der Waals surface area contributed by atoms with Crippen LogP contribution < -0.4 is 10.2 Å². The van der Waals surface area contributed by atoms with E-state index in [0.717, 1.165) is 23.5 Å². The highest BCUT2D eigenvalue weighted by Crippen LogP contribution is 2.15. The molecule has 0 aliphatic heterocycles. The van der Waals surface area contributed by atoms with Gasteiger partial charge in [-0.15, -0.1) is 5.46 Å². The number of ether oxygens (including phenoxy) is 1. The fraction of sp³-hybridized carbons (Fsp3) is 0.250. The van der Waals surface area contributed by atoms with Crippen molar-refractivity contribution in [1.82, 2.24) is 9.78 Å². The lowest BCUT2D eigenvalue weighted by atomic mass is 9.80. The monoisotopic (exact) mass is 269 g/mol. The summed E-state index contributed by atoms with van der Waals surface area (Å²) >= 11 is 0. The summed E-state index contributed by atoms with van der Waals surface area (Å²) in [5.41, 5.74) is 1.11. The Morgan fingerprint density at radius 2 is 1.84 bits per heavy atom. The maximum absolute atomic E-state index is 12.4. The van der Waals surface area contributed by atoms with Crippen molar-refractivity contribution in [3.05, 3.63) is 41.7 Å². The second-order valence-corrected chi connectivity index (χ2v) is 4.33. The fourth-order valence-corrected chi connectivity index (χ4v) is 1.74. The van der Waals surface area contributed by atoms with Crippen molar-refractivity contribution in [2.45, 2.75) is 13.5 Å². The lowest BCUT2D eigenvalue weighted by Crippen LogP contribution is -2.33. The van der Waals surface area contributed by atoms with Gasteiger partial charge in [0.1, 0.15) is 12.4 Å². The van der Waals surface area contributed by atoms with Crippen molar-refractivity contribution in [2.75, 3.05) is 0 Å². The molecule has 7 heteroatoms. The Labute approximate surface area is 109 Å². The van der Waals surface area contributed by atoms with Crippen molar-refractivity contribution >= 4 is 12.4 Å². The van der Waals surface area contributed by atoms with Gasteiger partial charge in [-0.05, 0) is 25.1 Å². The first-order chi connectivity index (χ1) is 8.86. The first-order valence-corrected chi connectivity index (χ1v) is 5.78. The lowest BCUT2D eigenvalue weighted by Gasteiger charge is -2.15. The molecule has 0 fully saturated rings. The van der Waals surface area contributed by atoms with E-state index < -0.39 is 12.4 Å². The number of aromatic nitrogens is 2. The Hall–Kier alpha value is -1.92. The first-order valence-electron chi connectivity index (χ1n) is 5.78. The Balaban J connectivity index is 2.02. The Morgan fingerprint density at radius 1 is 1.21 bits per heavy atom. The molecule has 0 amide bonds. The molecule has 0 saturated carbocycles. The largest absolute Gasteiger partial charge is 0.509 e. The number of aryl methyl sites for hydroxylation is 2. The van der Waals surface area contributed by atoms with Gasteiger partial charge in [0.2, 0.25) is 0 Å². The van der Waals surface area contributed by atoms with Gasteiger partial charge in [-0.2, -0.15) is 5.10 Å². The molecule has 0 aliphatic rings. The van der Waals surface area contributed by atoms with Crippen molar-refractivity contribution in [3.8, 4) is 5.75 Å². The number of halogens is 3. The molecular weight excluding hydrogens is 256 g/mol. The van der Waals surface area contributed by atoms with Crippen molar-refractivity contribution in [2.24, 2.45) is 7.05 Å². The number of hydrogen-bond acceptors (Lipinski definition) is 2. The topological polar surface area (TPSA) is 27.1 Å². The minimum Gasteiger partial charge on any atom is -0.487 e. The smallest absolute Gasteiger partial charge is 0.487 e. The summed E-state index contributed by atoms with van der Waals surface area (Å²) in [6.45, 7) is -2.81. The van der Waals surface area contributed by atoms with Crippen LogP contribution in [0.25, 0.3) is 0 Å². The summed E-state index contributed by atoms with van der Waals surface area (Å²) in [7, 11) is 1.79. The van der Waals surface area contributed by atoms with E-state index in [1.165, 1.54) is 12.1 Å². The predicted octanol–water partition coefficient (Wildman–Crippen LogP) is 2.36. The molecule has 3 nitrogen and oxygen atoms in total. The highest BCUT2D eigenvalue weighted by atomic mass is 19.4. The molecule has 1 heterocycles. The minimum atomic E-state index is -4.95. The third-order valence-electron chi connectivity index (χ3n) is 2.74. The second-order valence-electron chi connectivity index (χ2n) is 4.33. The molecule has 0 atom stereocenters. The molecule has 0 aliphatic carbocycles. The Bertz CT molecular complexity index is 563. The van der Waals surface area contributed by atoms with E-state index in [1.54, 1.807) is 11.7 Å². The summed E-state index contributed by atoms with van der Waals surface area (Å²) in [4.78, 5) is 0. The molecule has 0 bridgehead atoms. The van der Waals surface area contributed by atoms with Gasteiger partial charge in [-0.25, -0.2) is 0 Å². The SMILES string of the molecule is Cc1cc(COc2ccc([B-](F)(F)F)cc2)n(C)n1. The molecule has 1 aromatic heterocycles. The van der Waals surface area contributed by atoms with Crippen LogP contribution in [0.4, 0.5) is 12.9 Å². The zero-order valence-corrected chi connectivity index (χ0v) is 10.6. The molecule has 0 radical (unpaired) electrons. The lowest BCUT2D eigenvalue weighted by molar-refractivity contribution is 0.295. The van der Waals surface area contributed by atoms with Gasteiger partial charge in [-0.3, -0.25) is 4.68 Å². The van der Waals surface area contributed by atoms with E-state index in [9.17, 15) is 12.9 Å². The quantitative estimate of drug-likeness (QED) is 0.797. The summed E-state index contributed by atoms with van der Waals surface area (Å²) in [5.74, 6) is 0.405. The second kappa shape index (κ2) is 4.99. The van der Waals surface area contributed by atoms with Crippen LogP contribution in [-0.2, 0) is 13.7 Å². The van der Waals surface area contributed by atoms with Crippen LogP contribution in [0.1, 0.15) is 11.4 Å². The molecule has 19 heavy (non-hydrogen) atoms. The Kier molecular flexibility index (Phi) is 3.55. The minimum absolute atomic E-state index is 0.272. The zero-order valence-electron chi connectivity index (χ0n) is 10.6. The molecule has 102 valence electrons. The summed E-state index contributed by atoms with van der Waals surface area (Å²) in [6.07, 6.45) is 0. The van der Waals surface area contributed by atoms with Crippen LogP contribution in [0.15, 0.2) is 30.3 Å². The Morgan fingerprint density at radius 3 is 2.32 bits per heavy atom. The number of benzene rings is 1. The average molecular weight is 269 g/mol. The summed E-state index contributed by atoms with van der Waals surface area (Å²) in [5, 5.41) is 4.16. The number of hydrogen-bond donors (Lipinski definition) is 0. The van der Waals surface area contributed by atoms with Crippen molar-refractivity contribution in [1.29, 1.82) is 0 Å². The zero-order chi connectivity index (χ0) is 14.0. The van der Waals surface area contributed by atoms with Gasteiger partial charge in [0.15, 0.2) is 0 Å². The van der Waals surface area contributed by atoms with Crippen molar-refractivity contribution < 1.29 is 17.7 Å². The third-order valence-corrected chi connectivity index (χ3v) is 2.74. The van der Waals surface area contributed by atoms with E-state index in [-0.39, 0.29) is 6.61 Å². The summed E-state index contributed by atoms with van der Waals surface area (Å²) in [6, 6.07) is 6.59. The van der Waals surface area contributed by atoms with E-state index in [4.69, 9.17) is 4.74 Å². The van der Waals surface area contributed by atoms with Crippen LogP contribution in [-0.4, -0.2) is 16.8 Å². The van der Waals surface area contributed by atoms with E-state index in [0.29, 0.717) is 5.75 Å². The van der Waals surface area contributed by atoms with Gasteiger partial charge in [0.25, 0.3) is 0 Å². The average Bonchev–Trinajstić information content (AvgIpc) is 2.65. The standard InChI is InChI=1S/C12H13BF3N2O/c1-9-7-11(18(2)17-9)8-19-12-5-3-10(4-6-12)13(14,15)16/h3-7H,8H2,1-2H3/q-1. The predicted molar refractivity (Wildman–Crippen MR) is 67.4 cm³/mol. The maximum Gasteiger partial charge on any atom is 0.509 e. The van der Waals surface area contributed by atoms with E-state index in [2.05, 4.69) is 5.10 Å². The van der Waals surface area contributed by atoms with Gasteiger partial charge < -0.3 is 17.7 Å². The highest BCUT2D eigenvalue weighted by Gasteiger charge is 2.24. The van der Waals surface area contributed by atoms with Crippen LogP contribution >= 0.6 is 0 Å². The molecule has 2 rings (SSSR count). The van der Waals surface area contributed by atoms with Crippen LogP contribution in [0, 0.1) is 6.92 Å². The molecule has 0 spiro atoms. The molecule has 0 saturated heterocycles.